The van der Waals surface area contributed by atoms with Crippen LogP contribution in [0, 0.1) is 6.92 Å². The molecule has 5 heteroatoms. The molecular formula is C12H11N3OS. The first-order chi connectivity index (χ1) is 8.31. The number of hydrogen-bond acceptors (Lipinski definition) is 4. The lowest BCUT2D eigenvalue weighted by Crippen LogP contribution is -1.98. The van der Waals surface area contributed by atoms with E-state index in [1.807, 2.05) is 35.3 Å². The molecule has 0 unspecified atom stereocenters. The van der Waals surface area contributed by atoms with Gasteiger partial charge in [-0.2, -0.15) is 16.4 Å². The lowest BCUT2D eigenvalue weighted by atomic mass is 10.2. The Balaban J connectivity index is 1.81. The van der Waals surface area contributed by atoms with Gasteiger partial charge in [0.1, 0.15) is 6.54 Å². The zero-order chi connectivity index (χ0) is 11.7. The third-order valence-corrected chi connectivity index (χ3v) is 3.14. The summed E-state index contributed by atoms with van der Waals surface area (Å²) in [6, 6.07) is 5.99. The van der Waals surface area contributed by atoms with Gasteiger partial charge in [0.15, 0.2) is 5.76 Å². The SMILES string of the molecule is Cc1cc(Cn2ccc(-c3ccsc3)n2)on1. The molecule has 86 valence electrons. The van der Waals surface area contributed by atoms with Gasteiger partial charge in [0, 0.05) is 23.2 Å². The van der Waals surface area contributed by atoms with Gasteiger partial charge in [0.2, 0.25) is 0 Å². The second-order valence-electron chi connectivity index (χ2n) is 3.85. The molecule has 0 amide bonds. The standard InChI is InChI=1S/C12H11N3OS/c1-9-6-11(16-14-9)7-15-4-2-12(13-15)10-3-5-17-8-10/h2-6,8H,7H2,1H3. The van der Waals surface area contributed by atoms with Crippen molar-refractivity contribution in [1.82, 2.24) is 14.9 Å². The summed E-state index contributed by atoms with van der Waals surface area (Å²) in [6.45, 7) is 2.53. The van der Waals surface area contributed by atoms with Crippen LogP contribution in [0.4, 0.5) is 0 Å². The molecule has 3 rings (SSSR count). The van der Waals surface area contributed by atoms with Crippen molar-refractivity contribution in [3.8, 4) is 11.3 Å². The first-order valence-electron chi connectivity index (χ1n) is 5.29. The highest BCUT2D eigenvalue weighted by Gasteiger charge is 2.05. The fraction of sp³-hybridized carbons (Fsp3) is 0.167. The molecule has 0 fully saturated rings. The number of hydrogen-bond donors (Lipinski definition) is 0. The maximum Gasteiger partial charge on any atom is 0.158 e. The minimum Gasteiger partial charge on any atom is -0.359 e. The van der Waals surface area contributed by atoms with Crippen LogP contribution in [0.5, 0.6) is 0 Å². The summed E-state index contributed by atoms with van der Waals surface area (Å²) in [5.74, 6) is 0.822. The summed E-state index contributed by atoms with van der Waals surface area (Å²) < 4.78 is 7.01. The molecular weight excluding hydrogens is 234 g/mol. The molecule has 0 aliphatic rings. The van der Waals surface area contributed by atoms with Crippen LogP contribution in [0.1, 0.15) is 11.5 Å². The van der Waals surface area contributed by atoms with Crippen LogP contribution in [0.15, 0.2) is 39.7 Å². The fourth-order valence-corrected chi connectivity index (χ4v) is 2.31. The van der Waals surface area contributed by atoms with Crippen LogP contribution in [0.3, 0.4) is 0 Å². The van der Waals surface area contributed by atoms with Crippen LogP contribution >= 0.6 is 11.3 Å². The molecule has 0 bridgehead atoms. The van der Waals surface area contributed by atoms with Gasteiger partial charge in [0.25, 0.3) is 0 Å². The van der Waals surface area contributed by atoms with Gasteiger partial charge in [-0.3, -0.25) is 4.68 Å². The molecule has 17 heavy (non-hydrogen) atoms. The van der Waals surface area contributed by atoms with Gasteiger partial charge in [-0.05, 0) is 24.4 Å². The van der Waals surface area contributed by atoms with Crippen molar-refractivity contribution in [3.05, 3.63) is 46.6 Å². The van der Waals surface area contributed by atoms with Gasteiger partial charge in [0.05, 0.1) is 11.4 Å². The highest BCUT2D eigenvalue weighted by atomic mass is 32.1. The molecule has 0 aliphatic carbocycles. The molecule has 0 saturated carbocycles. The van der Waals surface area contributed by atoms with E-state index in [0.717, 1.165) is 22.7 Å². The Morgan fingerprint density at radius 1 is 1.41 bits per heavy atom. The topological polar surface area (TPSA) is 43.9 Å². The van der Waals surface area contributed by atoms with Crippen LogP contribution < -0.4 is 0 Å². The molecule has 0 aromatic carbocycles. The highest BCUT2D eigenvalue weighted by Crippen LogP contribution is 2.19. The van der Waals surface area contributed by atoms with Crippen LogP contribution in [-0.2, 0) is 6.54 Å². The van der Waals surface area contributed by atoms with Crippen molar-refractivity contribution in [2.24, 2.45) is 0 Å². The lowest BCUT2D eigenvalue weighted by Gasteiger charge is -1.95. The Hall–Kier alpha value is -1.88. The Kier molecular flexibility index (Phi) is 2.53. The monoisotopic (exact) mass is 245 g/mol. The van der Waals surface area contributed by atoms with Crippen molar-refractivity contribution in [2.45, 2.75) is 13.5 Å². The van der Waals surface area contributed by atoms with E-state index < -0.39 is 0 Å². The molecule has 0 spiro atoms. The van der Waals surface area contributed by atoms with Gasteiger partial charge < -0.3 is 4.52 Å². The van der Waals surface area contributed by atoms with E-state index in [0.29, 0.717) is 6.54 Å². The van der Waals surface area contributed by atoms with Gasteiger partial charge in [-0.25, -0.2) is 0 Å². The average Bonchev–Trinajstić information content (AvgIpc) is 3.00. The molecule has 0 atom stereocenters. The summed E-state index contributed by atoms with van der Waals surface area (Å²) in [4.78, 5) is 0. The predicted molar refractivity (Wildman–Crippen MR) is 65.9 cm³/mol. The molecule has 4 nitrogen and oxygen atoms in total. The Bertz CT molecular complexity index is 609. The van der Waals surface area contributed by atoms with Crippen LogP contribution in [0.2, 0.25) is 0 Å². The quantitative estimate of drug-likeness (QED) is 0.712. The first kappa shape index (κ1) is 10.3. The molecule has 0 N–H and O–H groups in total. The van der Waals surface area contributed by atoms with E-state index in [2.05, 4.69) is 21.7 Å². The zero-order valence-corrected chi connectivity index (χ0v) is 10.1. The number of rotatable bonds is 3. The minimum absolute atomic E-state index is 0.616. The smallest absolute Gasteiger partial charge is 0.158 e. The third kappa shape index (κ3) is 2.14. The van der Waals surface area contributed by atoms with Crippen molar-refractivity contribution < 1.29 is 4.52 Å². The average molecular weight is 245 g/mol. The predicted octanol–water partition coefficient (Wildman–Crippen LogP) is 2.96. The molecule has 0 radical (unpaired) electrons. The first-order valence-corrected chi connectivity index (χ1v) is 6.24. The molecule has 3 aromatic rings. The Morgan fingerprint density at radius 3 is 3.06 bits per heavy atom. The number of aryl methyl sites for hydroxylation is 1. The summed E-state index contributed by atoms with van der Waals surface area (Å²) in [6.07, 6.45) is 1.95. The second kappa shape index (κ2) is 4.18. The molecule has 3 aromatic heterocycles. The summed E-state index contributed by atoms with van der Waals surface area (Å²) in [5, 5.41) is 12.5. The molecule has 3 heterocycles. The van der Waals surface area contributed by atoms with Crippen LogP contribution in [0.25, 0.3) is 11.3 Å². The van der Waals surface area contributed by atoms with Gasteiger partial charge in [-0.1, -0.05) is 5.16 Å². The number of aromatic nitrogens is 3. The van der Waals surface area contributed by atoms with Crippen molar-refractivity contribution in [2.75, 3.05) is 0 Å². The lowest BCUT2D eigenvalue weighted by molar-refractivity contribution is 0.368. The summed E-state index contributed by atoms with van der Waals surface area (Å²) in [5.41, 5.74) is 3.04. The van der Waals surface area contributed by atoms with E-state index in [4.69, 9.17) is 4.52 Å². The van der Waals surface area contributed by atoms with Crippen LogP contribution in [-0.4, -0.2) is 14.9 Å². The second-order valence-corrected chi connectivity index (χ2v) is 4.63. The maximum absolute atomic E-state index is 5.16. The largest absolute Gasteiger partial charge is 0.359 e. The van der Waals surface area contributed by atoms with Crippen molar-refractivity contribution >= 4 is 11.3 Å². The highest BCUT2D eigenvalue weighted by molar-refractivity contribution is 7.08. The third-order valence-electron chi connectivity index (χ3n) is 2.45. The van der Waals surface area contributed by atoms with Gasteiger partial charge in [-0.15, -0.1) is 0 Å². The summed E-state index contributed by atoms with van der Waals surface area (Å²) in [7, 11) is 0. The normalized spacial score (nSPS) is 10.9. The summed E-state index contributed by atoms with van der Waals surface area (Å²) >= 11 is 1.67. The van der Waals surface area contributed by atoms with Gasteiger partial charge >= 0.3 is 0 Å². The van der Waals surface area contributed by atoms with E-state index in [1.165, 1.54) is 0 Å². The minimum atomic E-state index is 0.616. The number of nitrogens with zero attached hydrogens (tertiary/aromatic N) is 3. The number of thiophene rings is 1. The van der Waals surface area contributed by atoms with E-state index in [9.17, 15) is 0 Å². The van der Waals surface area contributed by atoms with E-state index >= 15 is 0 Å². The molecule has 0 saturated heterocycles. The van der Waals surface area contributed by atoms with E-state index in [1.54, 1.807) is 11.3 Å². The Labute approximate surface area is 102 Å². The maximum atomic E-state index is 5.16. The van der Waals surface area contributed by atoms with Crippen molar-refractivity contribution in [1.29, 1.82) is 0 Å². The zero-order valence-electron chi connectivity index (χ0n) is 9.33. The van der Waals surface area contributed by atoms with E-state index in [-0.39, 0.29) is 0 Å². The Morgan fingerprint density at radius 2 is 2.35 bits per heavy atom. The fourth-order valence-electron chi connectivity index (χ4n) is 1.66. The van der Waals surface area contributed by atoms with Crippen molar-refractivity contribution in [3.63, 3.8) is 0 Å². The molecule has 0 aliphatic heterocycles.